The molecule has 0 bridgehead atoms. The quantitative estimate of drug-likeness (QED) is 0.172. The minimum Gasteiger partial charge on any atom is -0.481 e. The third-order valence-electron chi connectivity index (χ3n) is 23.7. The minimum absolute atomic E-state index is 0.0112. The van der Waals surface area contributed by atoms with Crippen LogP contribution in [0.25, 0.3) is 0 Å². The van der Waals surface area contributed by atoms with Gasteiger partial charge in [0.2, 0.25) is 0 Å². The molecule has 400 valence electrons. The molecule has 1 N–H and O–H groups in total. The molecule has 0 radical (unpaired) electrons. The Hall–Kier alpha value is -1.85. The lowest BCUT2D eigenvalue weighted by Crippen LogP contribution is -2.69. The number of aliphatic carboxylic acids is 1. The maximum Gasteiger partial charge on any atom is 0.310 e. The van der Waals surface area contributed by atoms with E-state index in [1.54, 1.807) is 0 Å². The summed E-state index contributed by atoms with van der Waals surface area (Å²) >= 11 is 0. The molecule has 0 spiro atoms. The van der Waals surface area contributed by atoms with E-state index in [4.69, 9.17) is 33.2 Å². The number of benzene rings is 1. The Labute approximate surface area is 430 Å². The van der Waals surface area contributed by atoms with Crippen molar-refractivity contribution in [2.24, 2.45) is 92.2 Å². The highest BCUT2D eigenvalue weighted by Gasteiger charge is 2.72. The monoisotopic (exact) mass is 987 g/mol. The molecule has 1 aromatic rings. The van der Waals surface area contributed by atoms with E-state index >= 15 is 0 Å². The van der Waals surface area contributed by atoms with Crippen molar-refractivity contribution in [3.05, 3.63) is 47.5 Å². The second-order valence-electron chi connectivity index (χ2n) is 27.4. The van der Waals surface area contributed by atoms with Crippen molar-refractivity contribution in [3.8, 4) is 0 Å². The van der Waals surface area contributed by atoms with Gasteiger partial charge in [-0.05, 0) is 152 Å². The smallest absolute Gasteiger partial charge is 0.310 e. The van der Waals surface area contributed by atoms with E-state index < -0.39 is 41.8 Å². The Bertz CT molecular complexity index is 2070. The number of rotatable bonds is 11. The number of carboxylic acids is 1. The third kappa shape index (κ3) is 8.70. The molecule has 9 nitrogen and oxygen atoms in total. The van der Waals surface area contributed by atoms with Crippen LogP contribution >= 0.6 is 0 Å². The molecule has 3 saturated heterocycles. The lowest BCUT2D eigenvalue weighted by Gasteiger charge is -2.72. The van der Waals surface area contributed by atoms with Crippen molar-refractivity contribution in [1.29, 1.82) is 0 Å². The lowest BCUT2D eigenvalue weighted by atomic mass is 9.33. The van der Waals surface area contributed by atoms with Gasteiger partial charge >= 0.3 is 5.97 Å². The molecule has 3 aliphatic heterocycles. The summed E-state index contributed by atoms with van der Waals surface area (Å²) in [6, 6.07) is 10.7. The van der Waals surface area contributed by atoms with Gasteiger partial charge in [-0.1, -0.05) is 139 Å². The molecule has 3 heterocycles. The molecule has 8 aliphatic rings. The maximum atomic E-state index is 13.5. The summed E-state index contributed by atoms with van der Waals surface area (Å²) in [5, 5.41) is 11.1. The Balaban J connectivity index is 1.06. The van der Waals surface area contributed by atoms with Gasteiger partial charge in [-0.25, -0.2) is 0 Å². The van der Waals surface area contributed by atoms with Gasteiger partial charge in [-0.2, -0.15) is 0 Å². The fourth-order valence-electron chi connectivity index (χ4n) is 17.9. The van der Waals surface area contributed by atoms with Crippen LogP contribution in [-0.2, 0) is 44.4 Å². The zero-order valence-electron chi connectivity index (χ0n) is 47.1. The maximum absolute atomic E-state index is 13.5. The van der Waals surface area contributed by atoms with Crippen molar-refractivity contribution >= 4 is 5.97 Å². The van der Waals surface area contributed by atoms with E-state index in [1.807, 2.05) is 7.11 Å². The van der Waals surface area contributed by atoms with Gasteiger partial charge in [-0.3, -0.25) is 4.79 Å². The first kappa shape index (κ1) is 54.0. The van der Waals surface area contributed by atoms with Crippen molar-refractivity contribution in [2.45, 2.75) is 229 Å². The molecule has 1 aromatic carbocycles. The summed E-state index contributed by atoms with van der Waals surface area (Å²) in [7, 11) is 1.91. The van der Waals surface area contributed by atoms with Gasteiger partial charge in [-0.15, -0.1) is 0 Å². The molecule has 10 unspecified atom stereocenters. The van der Waals surface area contributed by atoms with Gasteiger partial charge in [0.1, 0.15) is 6.10 Å². The molecule has 24 atom stereocenters. The van der Waals surface area contributed by atoms with Crippen LogP contribution in [-0.4, -0.2) is 79.8 Å². The van der Waals surface area contributed by atoms with Crippen LogP contribution in [0.3, 0.4) is 0 Å². The largest absolute Gasteiger partial charge is 0.481 e. The number of allylic oxidation sites excluding steroid dienone is 2. The number of ether oxygens (including phenoxy) is 7. The molecule has 0 amide bonds. The summed E-state index contributed by atoms with van der Waals surface area (Å²) < 4.78 is 50.5. The van der Waals surface area contributed by atoms with E-state index in [0.29, 0.717) is 36.2 Å². The number of methoxy groups -OCH3 is 1. The normalized spacial score (nSPS) is 51.7. The molecule has 5 aliphatic carbocycles. The SMILES string of the molecule is CCC1O[C@@H](OC2[C@H](O[C@H]3CCC4(C)C5CC=C6C7CC(C)(C)CC[C@]7(C(=O)O)C(C)C[C@@]6(C)C5(C)CC[C@H]4[C@@]3(C)OC)OC(Cc3ccccc3)[C@@H](C)[C@@H]2O[C@@H]2OC[C@@H](C)[C@H](C)C2C)C(C)[C@@H](C)[C@H]1C. The average molecular weight is 987 g/mol. The number of carboxylic acid groups (broad SMARTS) is 1. The zero-order valence-corrected chi connectivity index (χ0v) is 47.1. The molecule has 9 heteroatoms. The number of fused-ring (bicyclic) bond motifs is 7. The predicted molar refractivity (Wildman–Crippen MR) is 279 cm³/mol. The van der Waals surface area contributed by atoms with E-state index in [2.05, 4.69) is 140 Å². The number of carbonyl (C=O) groups is 1. The Morgan fingerprint density at radius 1 is 0.704 bits per heavy atom. The summed E-state index contributed by atoms with van der Waals surface area (Å²) in [4.78, 5) is 13.5. The van der Waals surface area contributed by atoms with Gasteiger partial charge < -0.3 is 38.3 Å². The second-order valence-corrected chi connectivity index (χ2v) is 27.4. The summed E-state index contributed by atoms with van der Waals surface area (Å²) in [5.41, 5.74) is 1.39. The van der Waals surface area contributed by atoms with Gasteiger partial charge in [0, 0.05) is 24.9 Å². The first-order chi connectivity index (χ1) is 33.4. The molecule has 4 saturated carbocycles. The second kappa shape index (κ2) is 19.6. The van der Waals surface area contributed by atoms with Crippen molar-refractivity contribution in [1.82, 2.24) is 0 Å². The van der Waals surface area contributed by atoms with Gasteiger partial charge in [0.05, 0.1) is 42.0 Å². The van der Waals surface area contributed by atoms with Gasteiger partial charge in [0.15, 0.2) is 18.9 Å². The average Bonchev–Trinajstić information content (AvgIpc) is 3.32. The van der Waals surface area contributed by atoms with Crippen LogP contribution in [0.1, 0.15) is 174 Å². The van der Waals surface area contributed by atoms with Crippen molar-refractivity contribution in [3.63, 3.8) is 0 Å². The number of hydrogen-bond donors (Lipinski definition) is 1. The minimum atomic E-state index is -0.750. The van der Waals surface area contributed by atoms with E-state index in [9.17, 15) is 9.90 Å². The van der Waals surface area contributed by atoms with Crippen LogP contribution in [0.5, 0.6) is 0 Å². The van der Waals surface area contributed by atoms with Crippen LogP contribution < -0.4 is 0 Å². The molecule has 9 rings (SSSR count). The fraction of sp³-hybridized carbons (Fsp3) is 0.855. The molecular formula is C62H98O9. The van der Waals surface area contributed by atoms with E-state index in [0.717, 1.165) is 70.6 Å². The summed E-state index contributed by atoms with van der Waals surface area (Å²) in [6.07, 6.45) is 9.80. The van der Waals surface area contributed by atoms with Gasteiger partial charge in [0.25, 0.3) is 0 Å². The molecule has 71 heavy (non-hydrogen) atoms. The Kier molecular flexibility index (Phi) is 14.9. The lowest BCUT2D eigenvalue weighted by molar-refractivity contribution is -0.382. The van der Waals surface area contributed by atoms with Crippen LogP contribution in [0.15, 0.2) is 42.0 Å². The van der Waals surface area contributed by atoms with E-state index in [1.165, 1.54) is 11.1 Å². The molecular weight excluding hydrogens is 889 g/mol. The third-order valence-corrected chi connectivity index (χ3v) is 23.7. The molecule has 7 fully saturated rings. The fourth-order valence-corrected chi connectivity index (χ4v) is 17.9. The van der Waals surface area contributed by atoms with E-state index in [-0.39, 0.29) is 81.8 Å². The highest BCUT2D eigenvalue weighted by Crippen LogP contribution is 2.76. The molecule has 0 aromatic heterocycles. The zero-order chi connectivity index (χ0) is 51.4. The topological polar surface area (TPSA) is 102 Å². The van der Waals surface area contributed by atoms with Crippen LogP contribution in [0.4, 0.5) is 0 Å². The van der Waals surface area contributed by atoms with Crippen LogP contribution in [0, 0.1) is 92.2 Å². The highest BCUT2D eigenvalue weighted by molar-refractivity contribution is 5.77. The highest BCUT2D eigenvalue weighted by atomic mass is 16.8. The van der Waals surface area contributed by atoms with Crippen LogP contribution in [0.2, 0.25) is 0 Å². The first-order valence-electron chi connectivity index (χ1n) is 28.8. The predicted octanol–water partition coefficient (Wildman–Crippen LogP) is 13.6. The Morgan fingerprint density at radius 2 is 1.38 bits per heavy atom. The summed E-state index contributed by atoms with van der Waals surface area (Å²) in [6.45, 7) is 36.1. The summed E-state index contributed by atoms with van der Waals surface area (Å²) in [5.74, 6) is 2.24. The Morgan fingerprint density at radius 3 is 2.06 bits per heavy atom. The van der Waals surface area contributed by atoms with Crippen molar-refractivity contribution in [2.75, 3.05) is 13.7 Å². The standard InChI is InChI=1S/C62H98O9/c1-17-46-39(6)38(5)41(8)54(67-46)71-52-51(70-53-40(7)37(4)35(2)34-66-53)42(9)47(31-43-21-19-18-20-22-43)68-55(52)69-50-26-27-58(12)48-24-23-44-45-33-57(10,11)29-30-62(45,56(63)64)36(3)32-60(44,14)59(48,13)28-25-49(58)61(50,15)65-16/h18-23,35-42,45-55H,17,24-34H2,1-16H3,(H,63,64)/t35-,36?,37+,38+,39-,40?,41?,42-,45?,46?,47?,48?,49-,50+,51+,52?,53+,54+,55+,58?,59?,60-,61-,62+/m1/s1. The number of hydrogen-bond acceptors (Lipinski definition) is 8. The van der Waals surface area contributed by atoms with Crippen molar-refractivity contribution < 1.29 is 43.1 Å². The first-order valence-corrected chi connectivity index (χ1v) is 28.8.